The highest BCUT2D eigenvalue weighted by molar-refractivity contribution is 7.88. The minimum Gasteiger partial charge on any atom is -0.320 e. The number of anilines is 1. The van der Waals surface area contributed by atoms with E-state index in [1.807, 2.05) is 0 Å². The third kappa shape index (κ3) is 3.35. The Bertz CT molecular complexity index is 1020. The highest BCUT2D eigenvalue weighted by Gasteiger charge is 2.30. The highest BCUT2D eigenvalue weighted by atomic mass is 32.2. The number of amides is 1. The molecule has 1 N–H and O–H groups in total. The molecule has 3 rings (SSSR count). The summed E-state index contributed by atoms with van der Waals surface area (Å²) in [4.78, 5) is 12.9. The van der Waals surface area contributed by atoms with Crippen LogP contribution < -0.4 is 5.32 Å². The number of halogens is 3. The Morgan fingerprint density at radius 2 is 1.88 bits per heavy atom. The topological polar surface area (TPSA) is 78.8 Å². The van der Waals surface area contributed by atoms with Crippen molar-refractivity contribution in [3.05, 3.63) is 63.7 Å². The maximum atomic E-state index is 13.3. The molecule has 1 aliphatic rings. The van der Waals surface area contributed by atoms with E-state index in [9.17, 15) is 26.4 Å². The molecule has 2 aromatic rings. The van der Waals surface area contributed by atoms with Gasteiger partial charge in [-0.25, -0.2) is 17.5 Å². The second-order valence-corrected chi connectivity index (χ2v) is 7.71. The summed E-state index contributed by atoms with van der Waals surface area (Å²) in [5.41, 5.74) is -0.619. The molecular formula is C15H10F3N3O3S2. The van der Waals surface area contributed by atoms with Crippen molar-refractivity contribution in [2.75, 3.05) is 12.4 Å². The van der Waals surface area contributed by atoms with Crippen LogP contribution in [0.3, 0.4) is 0 Å². The molecule has 0 saturated heterocycles. The number of benzene rings is 1. The molecule has 0 spiro atoms. The summed E-state index contributed by atoms with van der Waals surface area (Å²) < 4.78 is 68.1. The Kier molecular flexibility index (Phi) is 4.59. The number of likely N-dealkylation sites (N-methyl/N-ethyl adjacent to an activating group) is 1. The number of rotatable bonds is 3. The van der Waals surface area contributed by atoms with Crippen molar-refractivity contribution in [2.24, 2.45) is 4.40 Å². The SMILES string of the molecule is CN1C(C(=O)Nc2cc(F)c(F)c(F)c2)=CC(c2cccs2)=NS1(=O)=O. The van der Waals surface area contributed by atoms with E-state index in [4.69, 9.17) is 0 Å². The molecule has 2 heterocycles. The number of carbonyl (C=O) groups excluding carboxylic acids is 1. The molecule has 1 amide bonds. The fourth-order valence-electron chi connectivity index (χ4n) is 2.13. The third-order valence-electron chi connectivity index (χ3n) is 3.42. The second-order valence-electron chi connectivity index (χ2n) is 5.14. The molecule has 0 atom stereocenters. The van der Waals surface area contributed by atoms with E-state index in [-0.39, 0.29) is 17.1 Å². The lowest BCUT2D eigenvalue weighted by molar-refractivity contribution is -0.113. The molecule has 0 bridgehead atoms. The molecule has 0 unspecified atom stereocenters. The summed E-state index contributed by atoms with van der Waals surface area (Å²) in [7, 11) is -3.04. The first-order valence-corrected chi connectivity index (χ1v) is 9.27. The van der Waals surface area contributed by atoms with Crippen LogP contribution in [-0.4, -0.2) is 31.4 Å². The van der Waals surface area contributed by atoms with Gasteiger partial charge in [-0.15, -0.1) is 15.7 Å². The van der Waals surface area contributed by atoms with E-state index in [0.29, 0.717) is 21.3 Å². The highest BCUT2D eigenvalue weighted by Crippen LogP contribution is 2.24. The average molecular weight is 401 g/mol. The summed E-state index contributed by atoms with van der Waals surface area (Å²) in [6, 6.07) is 4.48. The van der Waals surface area contributed by atoms with Crippen LogP contribution in [0.4, 0.5) is 18.9 Å². The molecule has 1 aromatic carbocycles. The Morgan fingerprint density at radius 3 is 2.46 bits per heavy atom. The number of carbonyl (C=O) groups is 1. The number of nitrogens with zero attached hydrogens (tertiary/aromatic N) is 2. The fraction of sp³-hybridized carbons (Fsp3) is 0.0667. The summed E-state index contributed by atoms with van der Waals surface area (Å²) in [6.07, 6.45) is 1.23. The minimum absolute atomic E-state index is 0.0553. The second kappa shape index (κ2) is 6.57. The Morgan fingerprint density at radius 1 is 1.23 bits per heavy atom. The number of hydrogen-bond acceptors (Lipinski definition) is 4. The monoisotopic (exact) mass is 401 g/mol. The first kappa shape index (κ1) is 18.1. The fourth-order valence-corrected chi connectivity index (χ4v) is 3.78. The molecule has 6 nitrogen and oxygen atoms in total. The van der Waals surface area contributed by atoms with Gasteiger partial charge >= 0.3 is 10.2 Å². The molecule has 0 fully saturated rings. The van der Waals surface area contributed by atoms with Crippen LogP contribution in [0.5, 0.6) is 0 Å². The van der Waals surface area contributed by atoms with Crippen molar-refractivity contribution in [2.45, 2.75) is 0 Å². The van der Waals surface area contributed by atoms with Crippen LogP contribution >= 0.6 is 11.3 Å². The van der Waals surface area contributed by atoms with Crippen molar-refractivity contribution in [1.82, 2.24) is 4.31 Å². The van der Waals surface area contributed by atoms with Crippen molar-refractivity contribution in [1.29, 1.82) is 0 Å². The molecule has 0 saturated carbocycles. The van der Waals surface area contributed by atoms with Crippen LogP contribution in [-0.2, 0) is 15.0 Å². The Labute approximate surface area is 150 Å². The molecule has 11 heteroatoms. The van der Waals surface area contributed by atoms with Gasteiger partial charge in [0.2, 0.25) is 0 Å². The lowest BCUT2D eigenvalue weighted by atomic mass is 10.2. The van der Waals surface area contributed by atoms with Gasteiger partial charge in [-0.05, 0) is 17.5 Å². The van der Waals surface area contributed by atoms with Gasteiger partial charge in [0, 0.05) is 24.9 Å². The van der Waals surface area contributed by atoms with Crippen molar-refractivity contribution >= 4 is 38.9 Å². The molecule has 1 aliphatic heterocycles. The van der Waals surface area contributed by atoms with Crippen molar-refractivity contribution in [3.8, 4) is 0 Å². The van der Waals surface area contributed by atoms with E-state index in [1.54, 1.807) is 17.5 Å². The van der Waals surface area contributed by atoms with E-state index in [2.05, 4.69) is 9.71 Å². The smallest absolute Gasteiger partial charge is 0.320 e. The zero-order chi connectivity index (χ0) is 19.1. The van der Waals surface area contributed by atoms with Gasteiger partial charge in [0.1, 0.15) is 5.70 Å². The number of thiophene rings is 1. The van der Waals surface area contributed by atoms with Gasteiger partial charge < -0.3 is 5.32 Å². The standard InChI is InChI=1S/C15H10F3N3O3S2/c1-21-12(7-11(20-26(21,23)24)13-3-2-4-25-13)15(22)19-8-5-9(16)14(18)10(17)6-8/h2-7H,1H3,(H,19,22). The minimum atomic E-state index is -4.16. The molecule has 1 aromatic heterocycles. The Balaban J connectivity index is 1.96. The molecule has 136 valence electrons. The van der Waals surface area contributed by atoms with Crippen LogP contribution in [0.15, 0.2) is 45.8 Å². The lowest BCUT2D eigenvalue weighted by Gasteiger charge is -2.23. The van der Waals surface area contributed by atoms with Crippen LogP contribution in [0.25, 0.3) is 0 Å². The lowest BCUT2D eigenvalue weighted by Crippen LogP contribution is -2.35. The first-order chi connectivity index (χ1) is 12.2. The van der Waals surface area contributed by atoms with E-state index >= 15 is 0 Å². The summed E-state index contributed by atoms with van der Waals surface area (Å²) in [5, 5.41) is 3.85. The van der Waals surface area contributed by atoms with E-state index in [0.717, 1.165) is 7.05 Å². The predicted octanol–water partition coefficient (Wildman–Crippen LogP) is 2.67. The molecular weight excluding hydrogens is 391 g/mol. The van der Waals surface area contributed by atoms with E-state index in [1.165, 1.54) is 17.4 Å². The first-order valence-electron chi connectivity index (χ1n) is 6.99. The average Bonchev–Trinajstić information content (AvgIpc) is 3.09. The van der Waals surface area contributed by atoms with Gasteiger partial charge in [-0.1, -0.05) is 6.07 Å². The van der Waals surface area contributed by atoms with Gasteiger partial charge in [-0.2, -0.15) is 8.42 Å². The van der Waals surface area contributed by atoms with Gasteiger partial charge in [-0.3, -0.25) is 4.79 Å². The van der Waals surface area contributed by atoms with Crippen LogP contribution in [0.1, 0.15) is 4.88 Å². The van der Waals surface area contributed by atoms with Crippen LogP contribution in [0, 0.1) is 17.5 Å². The summed E-state index contributed by atoms with van der Waals surface area (Å²) in [5.74, 6) is -5.60. The van der Waals surface area contributed by atoms with Crippen LogP contribution in [0.2, 0.25) is 0 Å². The maximum absolute atomic E-state index is 13.3. The molecule has 0 aliphatic carbocycles. The predicted molar refractivity (Wildman–Crippen MR) is 90.6 cm³/mol. The van der Waals surface area contributed by atoms with Gasteiger partial charge in [0.25, 0.3) is 5.91 Å². The molecule has 26 heavy (non-hydrogen) atoms. The Hall–Kier alpha value is -2.66. The van der Waals surface area contributed by atoms with Gasteiger partial charge in [0.15, 0.2) is 17.5 Å². The van der Waals surface area contributed by atoms with Gasteiger partial charge in [0.05, 0.1) is 10.6 Å². The van der Waals surface area contributed by atoms with Crippen molar-refractivity contribution < 1.29 is 26.4 Å². The third-order valence-corrected chi connectivity index (χ3v) is 5.63. The normalized spacial score (nSPS) is 16.1. The number of allylic oxidation sites excluding steroid dienone is 1. The molecule has 0 radical (unpaired) electrons. The van der Waals surface area contributed by atoms with Crippen molar-refractivity contribution in [3.63, 3.8) is 0 Å². The zero-order valence-electron chi connectivity index (χ0n) is 13.0. The summed E-state index contributed by atoms with van der Waals surface area (Å²) in [6.45, 7) is 0. The quantitative estimate of drug-likeness (QED) is 0.804. The number of nitrogens with one attached hydrogen (secondary N) is 1. The van der Waals surface area contributed by atoms with E-state index < -0.39 is 33.6 Å². The largest absolute Gasteiger partial charge is 0.345 e. The summed E-state index contributed by atoms with van der Waals surface area (Å²) >= 11 is 1.22. The number of hydrogen-bond donors (Lipinski definition) is 1. The zero-order valence-corrected chi connectivity index (χ0v) is 14.7. The maximum Gasteiger partial charge on any atom is 0.345 e.